The third-order valence-electron chi connectivity index (χ3n) is 5.21. The minimum absolute atomic E-state index is 0.0206. The Labute approximate surface area is 191 Å². The number of aliphatic imine (C=N–C) groups is 1. The maximum atomic E-state index is 13.0. The van der Waals surface area contributed by atoms with Crippen molar-refractivity contribution in [3.63, 3.8) is 0 Å². The standard InChI is InChI=1S/C23H25N5O3S/c1-13(27-28-23(32)26-18-10-8-15(9-11-18)22(30)31)19(24)21(29)20(25-2)17-7-6-14-4-3-5-16(14)12-17/h6-12,27H,3-5,24H2,1-2H3,(H,30,31)(H2,26,28,32). The maximum absolute atomic E-state index is 13.0. The summed E-state index contributed by atoms with van der Waals surface area (Å²) >= 11 is 5.21. The number of carboxylic acids is 1. The van der Waals surface area contributed by atoms with E-state index in [9.17, 15) is 9.59 Å². The van der Waals surface area contributed by atoms with Crippen LogP contribution < -0.4 is 21.9 Å². The number of thiocarbonyl (C=S) groups is 1. The van der Waals surface area contributed by atoms with E-state index in [0.717, 1.165) is 24.8 Å². The van der Waals surface area contributed by atoms with Crippen LogP contribution in [0.4, 0.5) is 5.69 Å². The number of nitrogens with two attached hydrogens (primary N) is 1. The normalized spacial score (nSPS) is 13.6. The molecule has 0 heterocycles. The quantitative estimate of drug-likeness (QED) is 0.188. The zero-order valence-electron chi connectivity index (χ0n) is 17.9. The predicted octanol–water partition coefficient (Wildman–Crippen LogP) is 2.54. The Hall–Kier alpha value is -3.72. The molecule has 0 radical (unpaired) electrons. The van der Waals surface area contributed by atoms with E-state index < -0.39 is 5.97 Å². The average molecular weight is 452 g/mol. The summed E-state index contributed by atoms with van der Waals surface area (Å²) in [4.78, 5) is 28.1. The van der Waals surface area contributed by atoms with E-state index >= 15 is 0 Å². The predicted molar refractivity (Wildman–Crippen MR) is 129 cm³/mol. The molecule has 0 bridgehead atoms. The summed E-state index contributed by atoms with van der Waals surface area (Å²) in [6.07, 6.45) is 3.20. The van der Waals surface area contributed by atoms with Crippen molar-refractivity contribution in [3.8, 4) is 0 Å². The van der Waals surface area contributed by atoms with Crippen molar-refractivity contribution in [2.75, 3.05) is 12.4 Å². The molecule has 166 valence electrons. The van der Waals surface area contributed by atoms with Gasteiger partial charge in [0.15, 0.2) is 5.11 Å². The number of aryl methyl sites for hydroxylation is 2. The molecule has 32 heavy (non-hydrogen) atoms. The average Bonchev–Trinajstić information content (AvgIpc) is 3.25. The molecule has 0 saturated carbocycles. The van der Waals surface area contributed by atoms with Crippen molar-refractivity contribution in [3.05, 3.63) is 76.1 Å². The number of hydrogen-bond acceptors (Lipinski definition) is 6. The molecule has 3 rings (SSSR count). The minimum atomic E-state index is -1.00. The molecule has 6 N–H and O–H groups in total. The number of Topliss-reactive ketones (excluding diaryl/α,β-unsaturated/α-hetero) is 1. The fourth-order valence-corrected chi connectivity index (χ4v) is 3.62. The highest BCUT2D eigenvalue weighted by Crippen LogP contribution is 2.23. The first kappa shape index (κ1) is 23.0. The second-order valence-corrected chi connectivity index (χ2v) is 7.77. The Balaban J connectivity index is 1.63. The molecule has 0 aromatic heterocycles. The molecule has 9 heteroatoms. The van der Waals surface area contributed by atoms with Crippen LogP contribution in [-0.4, -0.2) is 34.7 Å². The lowest BCUT2D eigenvalue weighted by Gasteiger charge is -2.15. The summed E-state index contributed by atoms with van der Waals surface area (Å²) < 4.78 is 0. The first-order valence-corrected chi connectivity index (χ1v) is 10.5. The number of benzene rings is 2. The lowest BCUT2D eigenvalue weighted by Crippen LogP contribution is -2.41. The van der Waals surface area contributed by atoms with Gasteiger partial charge in [-0.25, -0.2) is 4.79 Å². The molecular weight excluding hydrogens is 426 g/mol. The van der Waals surface area contributed by atoms with Crippen LogP contribution >= 0.6 is 12.2 Å². The number of carboxylic acid groups (broad SMARTS) is 1. The number of ketones is 1. The lowest BCUT2D eigenvalue weighted by molar-refractivity contribution is -0.109. The summed E-state index contributed by atoms with van der Waals surface area (Å²) in [5.41, 5.74) is 16.5. The fraction of sp³-hybridized carbons (Fsp3) is 0.217. The highest BCUT2D eigenvalue weighted by Gasteiger charge is 2.20. The van der Waals surface area contributed by atoms with Crippen molar-refractivity contribution in [2.45, 2.75) is 26.2 Å². The SMILES string of the molecule is CN=C(C(=O)C(N)=C(C)NNC(=S)Nc1ccc(C(=O)O)cc1)c1ccc2c(c1)CCC2. The Morgan fingerprint density at radius 3 is 2.34 bits per heavy atom. The van der Waals surface area contributed by atoms with Crippen molar-refractivity contribution in [1.29, 1.82) is 0 Å². The third-order valence-corrected chi connectivity index (χ3v) is 5.42. The van der Waals surface area contributed by atoms with Gasteiger partial charge >= 0.3 is 5.97 Å². The first-order valence-electron chi connectivity index (χ1n) is 10.1. The minimum Gasteiger partial charge on any atom is -0.478 e. The van der Waals surface area contributed by atoms with Gasteiger partial charge in [0, 0.05) is 18.3 Å². The van der Waals surface area contributed by atoms with Crippen LogP contribution in [-0.2, 0) is 17.6 Å². The number of allylic oxidation sites excluding steroid dienone is 2. The third kappa shape index (κ3) is 5.30. The van der Waals surface area contributed by atoms with Gasteiger partial charge < -0.3 is 21.6 Å². The Bertz CT molecular complexity index is 1120. The number of nitrogens with zero attached hydrogens (tertiary/aromatic N) is 1. The molecule has 0 spiro atoms. The largest absolute Gasteiger partial charge is 0.478 e. The van der Waals surface area contributed by atoms with Gasteiger partial charge in [-0.15, -0.1) is 0 Å². The first-order chi connectivity index (χ1) is 15.3. The molecule has 0 amide bonds. The maximum Gasteiger partial charge on any atom is 0.335 e. The molecule has 2 aromatic rings. The van der Waals surface area contributed by atoms with Crippen molar-refractivity contribution in [1.82, 2.24) is 10.9 Å². The topological polar surface area (TPSA) is 129 Å². The van der Waals surface area contributed by atoms with Gasteiger partial charge in [0.2, 0.25) is 5.78 Å². The lowest BCUT2D eigenvalue weighted by atomic mass is 9.99. The van der Waals surface area contributed by atoms with Gasteiger partial charge in [0.1, 0.15) is 11.4 Å². The van der Waals surface area contributed by atoms with Gasteiger partial charge in [0.05, 0.1) is 11.3 Å². The molecule has 0 fully saturated rings. The highest BCUT2D eigenvalue weighted by molar-refractivity contribution is 7.80. The van der Waals surface area contributed by atoms with Crippen LogP contribution in [0.3, 0.4) is 0 Å². The summed E-state index contributed by atoms with van der Waals surface area (Å²) in [6, 6.07) is 12.1. The molecule has 1 aliphatic rings. The Kier molecular flexibility index (Phi) is 7.21. The van der Waals surface area contributed by atoms with Gasteiger partial charge in [-0.1, -0.05) is 12.1 Å². The van der Waals surface area contributed by atoms with E-state index in [1.807, 2.05) is 12.1 Å². The van der Waals surface area contributed by atoms with E-state index in [1.54, 1.807) is 26.1 Å². The van der Waals surface area contributed by atoms with E-state index in [1.165, 1.54) is 23.3 Å². The van der Waals surface area contributed by atoms with Gasteiger partial charge in [-0.3, -0.25) is 15.2 Å². The number of fused-ring (bicyclic) bond motifs is 1. The number of carbonyl (C=O) groups is 2. The van der Waals surface area contributed by atoms with E-state index in [2.05, 4.69) is 27.2 Å². The second-order valence-electron chi connectivity index (χ2n) is 7.36. The summed E-state index contributed by atoms with van der Waals surface area (Å²) in [5, 5.41) is 12.1. The number of nitrogens with one attached hydrogen (secondary N) is 3. The molecule has 0 unspecified atom stereocenters. The van der Waals surface area contributed by atoms with Gasteiger partial charge in [-0.05, 0) is 79.9 Å². The van der Waals surface area contributed by atoms with Crippen LogP contribution in [0.1, 0.15) is 40.4 Å². The number of rotatable bonds is 7. The van der Waals surface area contributed by atoms with Crippen LogP contribution in [0.5, 0.6) is 0 Å². The zero-order valence-corrected chi connectivity index (χ0v) is 18.7. The van der Waals surface area contributed by atoms with Crippen LogP contribution in [0.25, 0.3) is 0 Å². The number of carbonyl (C=O) groups excluding carboxylic acids is 1. The number of anilines is 1. The molecule has 0 atom stereocenters. The number of hydrazine groups is 1. The van der Waals surface area contributed by atoms with Crippen molar-refractivity contribution < 1.29 is 14.7 Å². The zero-order chi connectivity index (χ0) is 23.3. The van der Waals surface area contributed by atoms with Gasteiger partial charge in [0.25, 0.3) is 0 Å². The Morgan fingerprint density at radius 2 is 1.69 bits per heavy atom. The van der Waals surface area contributed by atoms with Crippen LogP contribution in [0, 0.1) is 0 Å². The van der Waals surface area contributed by atoms with E-state index in [4.69, 9.17) is 23.1 Å². The highest BCUT2D eigenvalue weighted by atomic mass is 32.1. The van der Waals surface area contributed by atoms with Crippen molar-refractivity contribution in [2.24, 2.45) is 10.7 Å². The fourth-order valence-electron chi connectivity index (χ4n) is 3.46. The summed E-state index contributed by atoms with van der Waals surface area (Å²) in [5.74, 6) is -1.38. The van der Waals surface area contributed by atoms with Gasteiger partial charge in [-0.2, -0.15) is 0 Å². The molecule has 0 aliphatic heterocycles. The van der Waals surface area contributed by atoms with Crippen molar-refractivity contribution >= 4 is 40.5 Å². The van der Waals surface area contributed by atoms with Crippen LogP contribution in [0.15, 0.2) is 58.9 Å². The second kappa shape index (κ2) is 10.1. The molecular formula is C23H25N5O3S. The van der Waals surface area contributed by atoms with E-state index in [-0.39, 0.29) is 22.2 Å². The molecule has 1 aliphatic carbocycles. The Morgan fingerprint density at radius 1 is 1.03 bits per heavy atom. The molecule has 2 aromatic carbocycles. The molecule has 8 nitrogen and oxygen atoms in total. The van der Waals surface area contributed by atoms with Crippen LogP contribution in [0.2, 0.25) is 0 Å². The number of aromatic carboxylic acids is 1. The molecule has 0 saturated heterocycles. The summed E-state index contributed by atoms with van der Waals surface area (Å²) in [7, 11) is 1.57. The van der Waals surface area contributed by atoms with E-state index in [0.29, 0.717) is 17.1 Å². The monoisotopic (exact) mass is 451 g/mol. The smallest absolute Gasteiger partial charge is 0.335 e. The summed E-state index contributed by atoms with van der Waals surface area (Å²) in [6.45, 7) is 1.65. The number of hydrogen-bond donors (Lipinski definition) is 5.